The van der Waals surface area contributed by atoms with E-state index in [1.54, 1.807) is 32.9 Å². The lowest BCUT2D eigenvalue weighted by molar-refractivity contribution is -0.154. The highest BCUT2D eigenvalue weighted by Crippen LogP contribution is 2.22. The fourth-order valence-electron chi connectivity index (χ4n) is 1.42. The molecule has 0 heterocycles. The zero-order chi connectivity index (χ0) is 14.7. The van der Waals surface area contributed by atoms with Crippen molar-refractivity contribution in [2.45, 2.75) is 37.7 Å². The molecule has 106 valence electrons. The molecule has 4 nitrogen and oxygen atoms in total. The Labute approximate surface area is 118 Å². The van der Waals surface area contributed by atoms with Gasteiger partial charge in [-0.3, -0.25) is 4.79 Å². The number of halogens is 1. The van der Waals surface area contributed by atoms with Crippen molar-refractivity contribution >= 4 is 27.4 Å². The standard InChI is InChI=1S/C13H17ClO4S/c1-13(2,3)18-12(15)8-9-19(16,17)11-7-5-4-6-10(11)14/h4-7H,8-9H2,1-3H3. The fourth-order valence-corrected chi connectivity index (χ4v) is 3.21. The molecule has 19 heavy (non-hydrogen) atoms. The first-order valence-electron chi connectivity index (χ1n) is 5.81. The number of carbonyl (C=O) groups excluding carboxylic acids is 1. The van der Waals surface area contributed by atoms with Gasteiger partial charge in [0.05, 0.1) is 22.1 Å². The summed E-state index contributed by atoms with van der Waals surface area (Å²) in [4.78, 5) is 11.5. The first kappa shape index (κ1) is 16.0. The minimum absolute atomic E-state index is 0.0419. The van der Waals surface area contributed by atoms with Crippen molar-refractivity contribution in [1.82, 2.24) is 0 Å². The summed E-state index contributed by atoms with van der Waals surface area (Å²) in [6.45, 7) is 5.19. The highest BCUT2D eigenvalue weighted by molar-refractivity contribution is 7.91. The van der Waals surface area contributed by atoms with Gasteiger partial charge in [0.2, 0.25) is 0 Å². The van der Waals surface area contributed by atoms with Gasteiger partial charge < -0.3 is 4.74 Å². The van der Waals surface area contributed by atoms with Gasteiger partial charge in [-0.25, -0.2) is 8.42 Å². The second kappa shape index (κ2) is 5.92. The predicted octanol–water partition coefficient (Wildman–Crippen LogP) is 2.85. The first-order chi connectivity index (χ1) is 8.62. The molecule has 0 aromatic heterocycles. The van der Waals surface area contributed by atoms with Crippen LogP contribution in [0.1, 0.15) is 27.2 Å². The van der Waals surface area contributed by atoms with E-state index in [-0.39, 0.29) is 22.1 Å². The Morgan fingerprint density at radius 1 is 1.26 bits per heavy atom. The highest BCUT2D eigenvalue weighted by Gasteiger charge is 2.22. The second-order valence-electron chi connectivity index (χ2n) is 5.09. The molecular weight excluding hydrogens is 288 g/mol. The third-order valence-electron chi connectivity index (χ3n) is 2.17. The molecule has 6 heteroatoms. The van der Waals surface area contributed by atoms with Crippen molar-refractivity contribution in [3.05, 3.63) is 29.3 Å². The normalized spacial score (nSPS) is 12.2. The van der Waals surface area contributed by atoms with Crippen LogP contribution < -0.4 is 0 Å². The van der Waals surface area contributed by atoms with E-state index in [4.69, 9.17) is 16.3 Å². The molecule has 0 spiro atoms. The van der Waals surface area contributed by atoms with Crippen molar-refractivity contribution in [3.8, 4) is 0 Å². The van der Waals surface area contributed by atoms with Crippen molar-refractivity contribution in [3.63, 3.8) is 0 Å². The lowest BCUT2D eigenvalue weighted by Gasteiger charge is -2.19. The molecule has 0 unspecified atom stereocenters. The van der Waals surface area contributed by atoms with E-state index < -0.39 is 21.4 Å². The molecule has 1 rings (SSSR count). The van der Waals surface area contributed by atoms with Crippen molar-refractivity contribution in [2.75, 3.05) is 5.75 Å². The molecule has 0 radical (unpaired) electrons. The van der Waals surface area contributed by atoms with Crippen LogP contribution in [0.4, 0.5) is 0 Å². The molecule has 0 saturated carbocycles. The number of ether oxygens (including phenoxy) is 1. The Morgan fingerprint density at radius 2 is 1.84 bits per heavy atom. The maximum atomic E-state index is 12.0. The summed E-state index contributed by atoms with van der Waals surface area (Å²) in [5.41, 5.74) is -0.620. The van der Waals surface area contributed by atoms with E-state index in [0.717, 1.165) is 0 Å². The van der Waals surface area contributed by atoms with Crippen LogP contribution in [0.25, 0.3) is 0 Å². The number of sulfone groups is 1. The van der Waals surface area contributed by atoms with Crippen molar-refractivity contribution in [1.29, 1.82) is 0 Å². The molecule has 0 atom stereocenters. The van der Waals surface area contributed by atoms with Crippen LogP contribution in [0.15, 0.2) is 29.2 Å². The molecule has 0 N–H and O–H groups in total. The van der Waals surface area contributed by atoms with Crippen LogP contribution in [-0.2, 0) is 19.4 Å². The Hall–Kier alpha value is -1.07. The minimum atomic E-state index is -3.57. The third kappa shape index (κ3) is 5.20. The summed E-state index contributed by atoms with van der Waals surface area (Å²) in [6, 6.07) is 6.16. The fraction of sp³-hybridized carbons (Fsp3) is 0.462. The minimum Gasteiger partial charge on any atom is -0.460 e. The lowest BCUT2D eigenvalue weighted by atomic mass is 10.2. The quantitative estimate of drug-likeness (QED) is 0.803. The lowest BCUT2D eigenvalue weighted by Crippen LogP contribution is -2.25. The van der Waals surface area contributed by atoms with Crippen molar-refractivity contribution in [2.24, 2.45) is 0 Å². The van der Waals surface area contributed by atoms with Gasteiger partial charge in [-0.15, -0.1) is 0 Å². The third-order valence-corrected chi connectivity index (χ3v) is 4.38. The summed E-state index contributed by atoms with van der Waals surface area (Å²) < 4.78 is 29.1. The maximum absolute atomic E-state index is 12.0. The van der Waals surface area contributed by atoms with Crippen LogP contribution in [0.3, 0.4) is 0 Å². The number of hydrogen-bond acceptors (Lipinski definition) is 4. The van der Waals surface area contributed by atoms with Crippen LogP contribution in [0.2, 0.25) is 5.02 Å². The number of esters is 1. The molecule has 0 bridgehead atoms. The summed E-state index contributed by atoms with van der Waals surface area (Å²) in [6.07, 6.45) is -0.190. The average Bonchev–Trinajstić information content (AvgIpc) is 2.24. The summed E-state index contributed by atoms with van der Waals surface area (Å²) in [5.74, 6) is -0.853. The Bertz CT molecular complexity index is 558. The molecule has 0 aliphatic carbocycles. The van der Waals surface area contributed by atoms with Gasteiger partial charge in [-0.2, -0.15) is 0 Å². The van der Waals surface area contributed by atoms with Gasteiger partial charge in [0, 0.05) is 0 Å². The van der Waals surface area contributed by atoms with E-state index >= 15 is 0 Å². The zero-order valence-corrected chi connectivity index (χ0v) is 12.7. The smallest absolute Gasteiger partial charge is 0.307 e. The Kier molecular flexibility index (Phi) is 4.98. The van der Waals surface area contributed by atoms with E-state index in [2.05, 4.69) is 0 Å². The van der Waals surface area contributed by atoms with E-state index in [9.17, 15) is 13.2 Å². The molecule has 0 aliphatic heterocycles. The number of carbonyl (C=O) groups is 1. The highest BCUT2D eigenvalue weighted by atomic mass is 35.5. The zero-order valence-electron chi connectivity index (χ0n) is 11.1. The van der Waals surface area contributed by atoms with Gasteiger partial charge in [-0.05, 0) is 32.9 Å². The van der Waals surface area contributed by atoms with E-state index in [1.807, 2.05) is 0 Å². The van der Waals surface area contributed by atoms with Gasteiger partial charge >= 0.3 is 5.97 Å². The van der Waals surface area contributed by atoms with Crippen LogP contribution in [0.5, 0.6) is 0 Å². The first-order valence-corrected chi connectivity index (χ1v) is 7.84. The largest absolute Gasteiger partial charge is 0.460 e. The molecule has 0 aliphatic rings. The topological polar surface area (TPSA) is 60.4 Å². The molecule has 0 fully saturated rings. The molecular formula is C13H17ClO4S. The van der Waals surface area contributed by atoms with Gasteiger partial charge in [0.25, 0.3) is 0 Å². The maximum Gasteiger partial charge on any atom is 0.307 e. The predicted molar refractivity (Wildman–Crippen MR) is 74.0 cm³/mol. The Balaban J connectivity index is 2.72. The number of hydrogen-bond donors (Lipinski definition) is 0. The average molecular weight is 305 g/mol. The van der Waals surface area contributed by atoms with Crippen LogP contribution in [-0.4, -0.2) is 25.7 Å². The van der Waals surface area contributed by atoms with E-state index in [0.29, 0.717) is 0 Å². The number of benzene rings is 1. The monoisotopic (exact) mass is 304 g/mol. The molecule has 1 aromatic rings. The van der Waals surface area contributed by atoms with Gasteiger partial charge in [0.1, 0.15) is 5.60 Å². The van der Waals surface area contributed by atoms with Crippen LogP contribution in [0, 0.1) is 0 Å². The summed E-state index contributed by atoms with van der Waals surface area (Å²) in [5, 5.41) is 0.159. The van der Waals surface area contributed by atoms with E-state index in [1.165, 1.54) is 12.1 Å². The van der Waals surface area contributed by atoms with Crippen molar-refractivity contribution < 1.29 is 17.9 Å². The van der Waals surface area contributed by atoms with Gasteiger partial charge in [-0.1, -0.05) is 23.7 Å². The molecule has 1 aromatic carbocycles. The summed E-state index contributed by atoms with van der Waals surface area (Å²) in [7, 11) is -3.57. The van der Waals surface area contributed by atoms with Crippen LogP contribution >= 0.6 is 11.6 Å². The SMILES string of the molecule is CC(C)(C)OC(=O)CCS(=O)(=O)c1ccccc1Cl. The Morgan fingerprint density at radius 3 is 2.37 bits per heavy atom. The number of rotatable bonds is 4. The summed E-state index contributed by atoms with van der Waals surface area (Å²) >= 11 is 5.84. The molecule has 0 saturated heterocycles. The van der Waals surface area contributed by atoms with Gasteiger partial charge in [0.15, 0.2) is 9.84 Å². The second-order valence-corrected chi connectivity index (χ2v) is 7.57. The molecule has 0 amide bonds.